The van der Waals surface area contributed by atoms with Crippen molar-refractivity contribution in [2.45, 2.75) is 12.8 Å². The normalized spacial score (nSPS) is 9.40. The van der Waals surface area contributed by atoms with Crippen LogP contribution in [0.2, 0.25) is 0 Å². The highest BCUT2D eigenvalue weighted by Crippen LogP contribution is 2.17. The van der Waals surface area contributed by atoms with Gasteiger partial charge < -0.3 is 5.32 Å². The van der Waals surface area contributed by atoms with Crippen molar-refractivity contribution in [2.75, 3.05) is 19.1 Å². The van der Waals surface area contributed by atoms with Crippen molar-refractivity contribution < 1.29 is 0 Å². The fraction of sp³-hybridized carbons (Fsp3) is 0.833. The van der Waals surface area contributed by atoms with Crippen LogP contribution in [-0.2, 0) is 0 Å². The summed E-state index contributed by atoms with van der Waals surface area (Å²) in [4.78, 5) is 0. The topological polar surface area (TPSA) is 35.9 Å². The maximum atomic E-state index is 7.25. The van der Waals surface area contributed by atoms with Crippen molar-refractivity contribution in [3.05, 3.63) is 0 Å². The van der Waals surface area contributed by atoms with Crippen LogP contribution in [0.15, 0.2) is 0 Å². The molecule has 4 heteroatoms. The molecule has 2 N–H and O–H groups in total. The molecule has 0 aliphatic heterocycles. The monoisotopic (exact) mass is 178 g/mol. The van der Waals surface area contributed by atoms with E-state index in [1.165, 1.54) is 0 Å². The summed E-state index contributed by atoms with van der Waals surface area (Å²) in [5.41, 5.74) is 0. The summed E-state index contributed by atoms with van der Waals surface area (Å²) in [6.07, 6.45) is 4.06. The van der Waals surface area contributed by atoms with Gasteiger partial charge in [-0.15, -0.1) is 0 Å². The molecule has 0 fully saturated rings. The molecule has 0 bridgehead atoms. The van der Waals surface area contributed by atoms with E-state index in [0.29, 0.717) is 5.84 Å². The van der Waals surface area contributed by atoms with Gasteiger partial charge in [0.1, 0.15) is 0 Å². The number of amidine groups is 1. The summed E-state index contributed by atoms with van der Waals surface area (Å²) in [5.74, 6) is 1.78. The first-order valence-corrected chi connectivity index (χ1v) is 5.94. The first-order valence-electron chi connectivity index (χ1n) is 3.22. The van der Waals surface area contributed by atoms with Crippen LogP contribution in [0.5, 0.6) is 0 Å². The second-order valence-corrected chi connectivity index (χ2v) is 4.51. The molecule has 10 heavy (non-hydrogen) atoms. The van der Waals surface area contributed by atoms with Gasteiger partial charge in [-0.25, -0.2) is 0 Å². The van der Waals surface area contributed by atoms with E-state index in [9.17, 15) is 0 Å². The van der Waals surface area contributed by atoms with E-state index in [2.05, 4.69) is 11.6 Å². The molecule has 0 aromatic rings. The standard InChI is InChI=1S/C6H14N2S2/c1-8-6(7)4-3-5-10-9-2/h3-5H2,1-2H3,(H2,7,8). The maximum Gasteiger partial charge on any atom is 0.0929 e. The van der Waals surface area contributed by atoms with Gasteiger partial charge in [-0.1, -0.05) is 21.6 Å². The molecule has 0 aromatic heterocycles. The predicted octanol–water partition coefficient (Wildman–Crippen LogP) is 1.97. The summed E-state index contributed by atoms with van der Waals surface area (Å²) in [7, 11) is 5.44. The Bertz CT molecular complexity index is 95.7. The molecule has 0 aliphatic carbocycles. The zero-order valence-corrected chi connectivity index (χ0v) is 8.07. The van der Waals surface area contributed by atoms with E-state index in [4.69, 9.17) is 5.41 Å². The minimum absolute atomic E-state index is 0.640. The maximum absolute atomic E-state index is 7.25. The minimum atomic E-state index is 0.640. The van der Waals surface area contributed by atoms with Gasteiger partial charge in [0, 0.05) is 19.2 Å². The molecule has 0 unspecified atom stereocenters. The summed E-state index contributed by atoms with van der Waals surface area (Å²) in [6, 6.07) is 0. The number of hydrogen-bond donors (Lipinski definition) is 2. The molecular weight excluding hydrogens is 164 g/mol. The Hall–Kier alpha value is 0.170. The third-order valence-corrected chi connectivity index (χ3v) is 2.97. The van der Waals surface area contributed by atoms with E-state index < -0.39 is 0 Å². The minimum Gasteiger partial charge on any atom is -0.377 e. The van der Waals surface area contributed by atoms with Crippen molar-refractivity contribution in [1.29, 1.82) is 5.41 Å². The van der Waals surface area contributed by atoms with Crippen LogP contribution >= 0.6 is 21.6 Å². The molecule has 0 saturated carbocycles. The van der Waals surface area contributed by atoms with E-state index in [1.54, 1.807) is 17.8 Å². The molecule has 0 spiro atoms. The number of nitrogens with one attached hydrogen (secondary N) is 2. The van der Waals surface area contributed by atoms with E-state index in [0.717, 1.165) is 18.6 Å². The molecule has 60 valence electrons. The Balaban J connectivity index is 2.96. The van der Waals surface area contributed by atoms with Crippen LogP contribution in [0.25, 0.3) is 0 Å². The Morgan fingerprint density at radius 2 is 2.30 bits per heavy atom. The van der Waals surface area contributed by atoms with E-state index >= 15 is 0 Å². The average molecular weight is 178 g/mol. The summed E-state index contributed by atoms with van der Waals surface area (Å²) >= 11 is 0. The van der Waals surface area contributed by atoms with Crippen molar-refractivity contribution in [1.82, 2.24) is 5.32 Å². The summed E-state index contributed by atoms with van der Waals surface area (Å²) in [6.45, 7) is 0. The zero-order valence-electron chi connectivity index (χ0n) is 6.44. The molecule has 0 heterocycles. The molecular formula is C6H14N2S2. The Labute approximate surface area is 70.4 Å². The lowest BCUT2D eigenvalue weighted by Crippen LogP contribution is -2.16. The van der Waals surface area contributed by atoms with Crippen LogP contribution in [0, 0.1) is 5.41 Å². The Morgan fingerprint density at radius 3 is 2.80 bits per heavy atom. The second kappa shape index (κ2) is 7.28. The molecule has 0 radical (unpaired) electrons. The predicted molar refractivity (Wildman–Crippen MR) is 52.0 cm³/mol. The Kier molecular flexibility index (Phi) is 7.40. The highest BCUT2D eigenvalue weighted by atomic mass is 33.1. The Morgan fingerprint density at radius 1 is 1.60 bits per heavy atom. The molecule has 0 rings (SSSR count). The molecule has 0 aliphatic rings. The smallest absolute Gasteiger partial charge is 0.0929 e. The van der Waals surface area contributed by atoms with Crippen LogP contribution < -0.4 is 5.32 Å². The van der Waals surface area contributed by atoms with Gasteiger partial charge in [-0.2, -0.15) is 0 Å². The van der Waals surface area contributed by atoms with E-state index in [1.807, 2.05) is 10.8 Å². The van der Waals surface area contributed by atoms with E-state index in [-0.39, 0.29) is 0 Å². The molecule has 0 saturated heterocycles. The van der Waals surface area contributed by atoms with Crippen LogP contribution in [0.4, 0.5) is 0 Å². The van der Waals surface area contributed by atoms with Gasteiger partial charge >= 0.3 is 0 Å². The third-order valence-electron chi connectivity index (χ3n) is 1.07. The lowest BCUT2D eigenvalue weighted by Gasteiger charge is -2.00. The van der Waals surface area contributed by atoms with Gasteiger partial charge in [0.25, 0.3) is 0 Å². The van der Waals surface area contributed by atoms with Crippen molar-refractivity contribution in [3.8, 4) is 0 Å². The van der Waals surface area contributed by atoms with Crippen molar-refractivity contribution in [2.24, 2.45) is 0 Å². The van der Waals surface area contributed by atoms with Crippen LogP contribution in [-0.4, -0.2) is 24.9 Å². The van der Waals surface area contributed by atoms with Crippen molar-refractivity contribution in [3.63, 3.8) is 0 Å². The van der Waals surface area contributed by atoms with Gasteiger partial charge in [-0.3, -0.25) is 5.41 Å². The lowest BCUT2D eigenvalue weighted by molar-refractivity contribution is 0.946. The van der Waals surface area contributed by atoms with Gasteiger partial charge in [0.2, 0.25) is 0 Å². The lowest BCUT2D eigenvalue weighted by atomic mass is 10.3. The molecule has 0 amide bonds. The number of hydrogen-bond acceptors (Lipinski definition) is 3. The SMILES string of the molecule is CNC(=N)CCCSSC. The molecule has 0 aromatic carbocycles. The van der Waals surface area contributed by atoms with Gasteiger partial charge in [0.05, 0.1) is 5.84 Å². The third kappa shape index (κ3) is 6.29. The second-order valence-electron chi connectivity index (χ2n) is 1.82. The fourth-order valence-corrected chi connectivity index (χ4v) is 1.80. The molecule has 0 atom stereocenters. The van der Waals surface area contributed by atoms with Crippen LogP contribution in [0.3, 0.4) is 0 Å². The van der Waals surface area contributed by atoms with Gasteiger partial charge in [0.15, 0.2) is 0 Å². The highest BCUT2D eigenvalue weighted by Gasteiger charge is 1.92. The van der Waals surface area contributed by atoms with Gasteiger partial charge in [-0.05, 0) is 12.7 Å². The molecule has 2 nitrogen and oxygen atoms in total. The highest BCUT2D eigenvalue weighted by molar-refractivity contribution is 8.76. The first kappa shape index (κ1) is 10.2. The fourth-order valence-electron chi connectivity index (χ4n) is 0.516. The van der Waals surface area contributed by atoms with Crippen molar-refractivity contribution >= 4 is 27.4 Å². The number of rotatable bonds is 5. The summed E-state index contributed by atoms with van der Waals surface area (Å²) < 4.78 is 0. The quantitative estimate of drug-likeness (QED) is 0.292. The zero-order chi connectivity index (χ0) is 7.82. The largest absolute Gasteiger partial charge is 0.377 e. The summed E-state index contributed by atoms with van der Waals surface area (Å²) in [5, 5.41) is 10.1. The average Bonchev–Trinajstić information content (AvgIpc) is 1.98. The van der Waals surface area contributed by atoms with Crippen LogP contribution in [0.1, 0.15) is 12.8 Å². The first-order chi connectivity index (χ1) is 4.81.